The minimum Gasteiger partial charge on any atom is -0.381 e. The summed E-state index contributed by atoms with van der Waals surface area (Å²) in [6.07, 6.45) is -9.45. The fraction of sp³-hybridized carbons (Fsp3) is 0.571. The van der Waals surface area contributed by atoms with Gasteiger partial charge in [0.15, 0.2) is 0 Å². The van der Waals surface area contributed by atoms with Crippen molar-refractivity contribution in [2.75, 3.05) is 43.0 Å². The van der Waals surface area contributed by atoms with Crippen molar-refractivity contribution in [3.63, 3.8) is 0 Å². The van der Waals surface area contributed by atoms with E-state index in [2.05, 4.69) is 20.4 Å². The molecule has 0 aromatic carbocycles. The number of carbonyl (C=O) groups is 1. The number of nitrogens with zero attached hydrogens (tertiary/aromatic N) is 5. The zero-order valence-electron chi connectivity index (χ0n) is 19.5. The van der Waals surface area contributed by atoms with Gasteiger partial charge in [-0.3, -0.25) is 9.59 Å². The van der Waals surface area contributed by atoms with Crippen LogP contribution in [0.4, 0.5) is 42.4 Å². The summed E-state index contributed by atoms with van der Waals surface area (Å²) in [5.41, 5.74) is -4.39. The maximum absolute atomic E-state index is 15.0. The largest absolute Gasteiger partial charge is 0.423 e. The number of hydrogen-bond acceptors (Lipinski definition) is 8. The lowest BCUT2D eigenvalue weighted by Gasteiger charge is -2.39. The third kappa shape index (κ3) is 5.97. The molecule has 4 heterocycles. The molecule has 0 bridgehead atoms. The Morgan fingerprint density at radius 2 is 1.74 bits per heavy atom. The third-order valence-corrected chi connectivity index (χ3v) is 6.22. The van der Waals surface area contributed by atoms with Crippen LogP contribution < -0.4 is 15.8 Å². The van der Waals surface area contributed by atoms with Gasteiger partial charge in [-0.2, -0.15) is 31.4 Å². The summed E-state index contributed by atoms with van der Waals surface area (Å²) in [4.78, 5) is 34.4. The van der Waals surface area contributed by atoms with Crippen molar-refractivity contribution >= 4 is 17.5 Å². The molecule has 2 aliphatic rings. The Kier molecular flexibility index (Phi) is 7.75. The maximum atomic E-state index is 15.0. The minimum atomic E-state index is -4.90. The first-order chi connectivity index (χ1) is 17.9. The molecule has 0 spiro atoms. The van der Waals surface area contributed by atoms with E-state index in [4.69, 9.17) is 4.74 Å². The molecule has 3 atom stereocenters. The quantitative estimate of drug-likeness (QED) is 0.396. The van der Waals surface area contributed by atoms with E-state index in [0.717, 1.165) is 6.20 Å². The summed E-state index contributed by atoms with van der Waals surface area (Å²) >= 11 is 0. The molecule has 2 fully saturated rings. The molecule has 0 saturated carbocycles. The Balaban J connectivity index is 1.27. The lowest BCUT2D eigenvalue weighted by Crippen LogP contribution is -2.54. The van der Waals surface area contributed by atoms with Crippen LogP contribution in [0.3, 0.4) is 0 Å². The van der Waals surface area contributed by atoms with Crippen molar-refractivity contribution in [2.24, 2.45) is 0 Å². The topological polar surface area (TPSA) is 116 Å². The number of rotatable bonds is 7. The number of nitrogens with one attached hydrogen (secondary N) is 2. The van der Waals surface area contributed by atoms with Gasteiger partial charge in [-0.15, -0.1) is 0 Å². The van der Waals surface area contributed by atoms with Gasteiger partial charge in [0.2, 0.25) is 5.95 Å². The number of halogens is 7. The van der Waals surface area contributed by atoms with Crippen LogP contribution in [0.2, 0.25) is 0 Å². The molecule has 208 valence electrons. The molecular formula is C21H22F7N7O3. The number of hydrogen-bond donors (Lipinski definition) is 2. The molecule has 2 aliphatic heterocycles. The summed E-state index contributed by atoms with van der Waals surface area (Å²) in [5.74, 6) is -0.518. The van der Waals surface area contributed by atoms with Crippen LogP contribution in [0.15, 0.2) is 23.4 Å². The summed E-state index contributed by atoms with van der Waals surface area (Å²) in [7, 11) is 0. The summed E-state index contributed by atoms with van der Waals surface area (Å²) < 4.78 is 97.9. The average molecular weight is 553 g/mol. The highest BCUT2D eigenvalue weighted by molar-refractivity contribution is 5.83. The van der Waals surface area contributed by atoms with E-state index in [1.807, 2.05) is 0 Å². The van der Waals surface area contributed by atoms with Crippen molar-refractivity contribution in [3.8, 4) is 0 Å². The molecule has 2 N–H and O–H groups in total. The summed E-state index contributed by atoms with van der Waals surface area (Å²) in [6, 6.07) is -0.781. The number of piperidine rings is 1. The van der Waals surface area contributed by atoms with E-state index in [1.165, 1.54) is 9.80 Å². The van der Waals surface area contributed by atoms with Crippen LogP contribution in [0.1, 0.15) is 24.0 Å². The molecule has 2 aromatic rings. The van der Waals surface area contributed by atoms with Crippen LogP contribution >= 0.6 is 0 Å². The second kappa shape index (κ2) is 10.7. The highest BCUT2D eigenvalue weighted by Gasteiger charge is 2.43. The van der Waals surface area contributed by atoms with Gasteiger partial charge in [-0.1, -0.05) is 0 Å². The van der Waals surface area contributed by atoms with E-state index >= 15 is 4.39 Å². The molecule has 2 saturated heterocycles. The zero-order valence-corrected chi connectivity index (χ0v) is 19.5. The molecule has 0 unspecified atom stereocenters. The van der Waals surface area contributed by atoms with Gasteiger partial charge < -0.3 is 19.9 Å². The molecule has 1 amide bonds. The maximum Gasteiger partial charge on any atom is 0.423 e. The lowest BCUT2D eigenvalue weighted by molar-refractivity contribution is -0.140. The number of amides is 1. The fourth-order valence-electron chi connectivity index (χ4n) is 4.42. The number of anilines is 2. The number of H-pyrrole nitrogens is 1. The summed E-state index contributed by atoms with van der Waals surface area (Å²) in [6.45, 7) is -0.135. The van der Waals surface area contributed by atoms with Crippen LogP contribution in [0.5, 0.6) is 0 Å². The lowest BCUT2D eigenvalue weighted by atomic mass is 10.0. The number of alkyl halides is 7. The van der Waals surface area contributed by atoms with Gasteiger partial charge in [0.25, 0.3) is 11.5 Å². The Labute approximate surface area is 210 Å². The van der Waals surface area contributed by atoms with Crippen molar-refractivity contribution in [3.05, 3.63) is 40.1 Å². The van der Waals surface area contributed by atoms with Crippen molar-refractivity contribution in [2.45, 2.75) is 43.5 Å². The normalized spacial score (nSPS) is 22.7. The average Bonchev–Trinajstić information content (AvgIpc) is 3.20. The third-order valence-electron chi connectivity index (χ3n) is 6.22. The predicted octanol–water partition coefficient (Wildman–Crippen LogP) is 2.24. The molecule has 10 nitrogen and oxygen atoms in total. The number of aromatic amines is 1. The number of ether oxygens (including phenoxy) is 1. The zero-order chi connectivity index (χ0) is 27.7. The van der Waals surface area contributed by atoms with E-state index in [9.17, 15) is 35.9 Å². The van der Waals surface area contributed by atoms with Gasteiger partial charge in [-0.25, -0.2) is 19.5 Å². The molecule has 0 radical (unpaired) electrons. The SMILES string of the molecule is O=C1[C@H](OCCNc2cn[nH]c(=O)c2C(F)(F)F)CCN1[C@@H]1CCN(c2ncc(C(F)(F)F)cn2)C[C@@H]1F. The number of likely N-dealkylation sites (tertiary alicyclic amines) is 1. The van der Waals surface area contributed by atoms with Gasteiger partial charge in [0.05, 0.1) is 36.6 Å². The number of carbonyl (C=O) groups excluding carboxylic acids is 1. The first-order valence-electron chi connectivity index (χ1n) is 11.5. The second-order valence-electron chi connectivity index (χ2n) is 8.68. The Bertz CT molecular complexity index is 1190. The van der Waals surface area contributed by atoms with Crippen LogP contribution in [0, 0.1) is 0 Å². The highest BCUT2D eigenvalue weighted by Crippen LogP contribution is 2.32. The monoisotopic (exact) mass is 553 g/mol. The molecule has 2 aromatic heterocycles. The van der Waals surface area contributed by atoms with E-state index in [0.29, 0.717) is 12.4 Å². The number of aromatic nitrogens is 4. The minimum absolute atomic E-state index is 0.0511. The van der Waals surface area contributed by atoms with E-state index < -0.39 is 59.0 Å². The predicted molar refractivity (Wildman–Crippen MR) is 117 cm³/mol. The first-order valence-corrected chi connectivity index (χ1v) is 11.5. The van der Waals surface area contributed by atoms with Crippen molar-refractivity contribution in [1.29, 1.82) is 0 Å². The molecular weight excluding hydrogens is 531 g/mol. The van der Waals surface area contributed by atoms with E-state index in [-0.39, 0.29) is 51.6 Å². The van der Waals surface area contributed by atoms with Crippen LogP contribution in [-0.2, 0) is 21.9 Å². The Morgan fingerprint density at radius 3 is 2.37 bits per heavy atom. The molecule has 38 heavy (non-hydrogen) atoms. The Hall–Kier alpha value is -3.50. The standard InChI is InChI=1S/C21H22F7N7O3/c22-12-10-34(19-30-7-11(8-31-19)20(23,24)25)4-1-14(12)35-5-2-15(18(35)37)38-6-3-29-13-9-32-33-17(36)16(13)21(26,27)28/h7-9,12,14-15H,1-6,10H2,(H2,29,33,36)/t12-,14+,15+/m0/s1. The highest BCUT2D eigenvalue weighted by atomic mass is 19.4. The first kappa shape index (κ1) is 27.5. The molecule has 17 heteroatoms. The van der Waals surface area contributed by atoms with Gasteiger partial charge in [-0.05, 0) is 6.42 Å². The van der Waals surface area contributed by atoms with E-state index in [1.54, 1.807) is 5.10 Å². The van der Waals surface area contributed by atoms with Crippen molar-refractivity contribution in [1.82, 2.24) is 25.1 Å². The van der Waals surface area contributed by atoms with Crippen LogP contribution in [0.25, 0.3) is 0 Å². The fourth-order valence-corrected chi connectivity index (χ4v) is 4.42. The summed E-state index contributed by atoms with van der Waals surface area (Å²) in [5, 5.41) is 7.48. The smallest absolute Gasteiger partial charge is 0.381 e. The van der Waals surface area contributed by atoms with Crippen LogP contribution in [-0.4, -0.2) is 82.1 Å². The van der Waals surface area contributed by atoms with Gasteiger partial charge >= 0.3 is 12.4 Å². The van der Waals surface area contributed by atoms with Crippen molar-refractivity contribution < 1.29 is 40.3 Å². The van der Waals surface area contributed by atoms with Gasteiger partial charge in [0.1, 0.15) is 17.8 Å². The molecule has 0 aliphatic carbocycles. The van der Waals surface area contributed by atoms with Gasteiger partial charge in [0, 0.05) is 38.4 Å². The molecule has 4 rings (SSSR count). The second-order valence-corrected chi connectivity index (χ2v) is 8.68. The Morgan fingerprint density at radius 1 is 1.03 bits per heavy atom.